The highest BCUT2D eigenvalue weighted by Crippen LogP contribution is 2.18. The third-order valence-electron chi connectivity index (χ3n) is 1.91. The van der Waals surface area contributed by atoms with Crippen molar-refractivity contribution < 1.29 is 8.95 Å². The van der Waals surface area contributed by atoms with Crippen LogP contribution in [0.2, 0.25) is 0 Å². The minimum Gasteiger partial charge on any atom is -0.385 e. The summed E-state index contributed by atoms with van der Waals surface area (Å²) in [5.41, 5.74) is 0. The molecule has 60 valence electrons. The molecule has 1 heterocycles. The van der Waals surface area contributed by atoms with Crippen molar-refractivity contribution in [3.63, 3.8) is 0 Å². The SMILES string of the molecule is COCCC1CCS(=O)C1. The molecule has 1 aliphatic heterocycles. The molecule has 0 N–H and O–H groups in total. The summed E-state index contributed by atoms with van der Waals surface area (Å²) in [4.78, 5) is 0. The molecule has 0 radical (unpaired) electrons. The van der Waals surface area contributed by atoms with Gasteiger partial charge in [0.2, 0.25) is 0 Å². The summed E-state index contributed by atoms with van der Waals surface area (Å²) < 4.78 is 15.8. The second-order valence-electron chi connectivity index (χ2n) is 2.75. The number of hydrogen-bond donors (Lipinski definition) is 0. The highest BCUT2D eigenvalue weighted by Gasteiger charge is 2.19. The fourth-order valence-corrected chi connectivity index (χ4v) is 2.86. The van der Waals surface area contributed by atoms with Crippen molar-refractivity contribution in [3.8, 4) is 0 Å². The lowest BCUT2D eigenvalue weighted by Gasteiger charge is -2.04. The van der Waals surface area contributed by atoms with Crippen LogP contribution in [-0.4, -0.2) is 29.4 Å². The lowest BCUT2D eigenvalue weighted by atomic mass is 10.1. The first-order valence-corrected chi connectivity index (χ1v) is 5.15. The fraction of sp³-hybridized carbons (Fsp3) is 1.00. The molecule has 1 saturated heterocycles. The van der Waals surface area contributed by atoms with E-state index in [1.165, 1.54) is 0 Å². The summed E-state index contributed by atoms with van der Waals surface area (Å²) in [6.07, 6.45) is 2.22. The Morgan fingerprint density at radius 2 is 2.50 bits per heavy atom. The molecule has 0 spiro atoms. The van der Waals surface area contributed by atoms with Gasteiger partial charge in [-0.3, -0.25) is 4.21 Å². The summed E-state index contributed by atoms with van der Waals surface area (Å²) in [6, 6.07) is 0. The zero-order valence-corrected chi connectivity index (χ0v) is 7.15. The Morgan fingerprint density at radius 1 is 1.70 bits per heavy atom. The topological polar surface area (TPSA) is 26.3 Å². The standard InChI is InChI=1S/C7H14O2S/c1-9-4-2-7-3-5-10(8)6-7/h7H,2-6H2,1H3. The van der Waals surface area contributed by atoms with Crippen LogP contribution in [0.15, 0.2) is 0 Å². The first-order valence-electron chi connectivity index (χ1n) is 3.67. The van der Waals surface area contributed by atoms with Crippen molar-refractivity contribution in [2.45, 2.75) is 12.8 Å². The molecule has 10 heavy (non-hydrogen) atoms. The van der Waals surface area contributed by atoms with Crippen molar-refractivity contribution in [1.29, 1.82) is 0 Å². The summed E-state index contributed by atoms with van der Waals surface area (Å²) in [5.74, 6) is 2.48. The Bertz CT molecular complexity index is 125. The number of hydrogen-bond acceptors (Lipinski definition) is 2. The van der Waals surface area contributed by atoms with Gasteiger partial charge in [-0.05, 0) is 18.8 Å². The number of rotatable bonds is 3. The van der Waals surface area contributed by atoms with Gasteiger partial charge in [-0.1, -0.05) is 0 Å². The minimum atomic E-state index is -0.512. The van der Waals surface area contributed by atoms with E-state index in [4.69, 9.17) is 4.74 Å². The van der Waals surface area contributed by atoms with Gasteiger partial charge in [0.15, 0.2) is 0 Å². The molecule has 2 atom stereocenters. The summed E-state index contributed by atoms with van der Waals surface area (Å²) in [5, 5.41) is 0. The zero-order chi connectivity index (χ0) is 7.40. The Labute approximate surface area is 64.4 Å². The van der Waals surface area contributed by atoms with E-state index in [1.807, 2.05) is 0 Å². The van der Waals surface area contributed by atoms with Gasteiger partial charge in [0.25, 0.3) is 0 Å². The van der Waals surface area contributed by atoms with Crippen LogP contribution in [0.1, 0.15) is 12.8 Å². The molecule has 0 bridgehead atoms. The van der Waals surface area contributed by atoms with Crippen molar-refractivity contribution in [1.82, 2.24) is 0 Å². The van der Waals surface area contributed by atoms with Gasteiger partial charge in [0, 0.05) is 36.0 Å². The lowest BCUT2D eigenvalue weighted by molar-refractivity contribution is 0.181. The van der Waals surface area contributed by atoms with Gasteiger partial charge < -0.3 is 4.74 Å². The minimum absolute atomic E-state index is 0.512. The van der Waals surface area contributed by atoms with Gasteiger partial charge in [0.1, 0.15) is 0 Å². The normalized spacial score (nSPS) is 32.9. The van der Waals surface area contributed by atoms with Crippen LogP contribution >= 0.6 is 0 Å². The largest absolute Gasteiger partial charge is 0.385 e. The maximum absolute atomic E-state index is 10.9. The highest BCUT2D eigenvalue weighted by atomic mass is 32.2. The van der Waals surface area contributed by atoms with Gasteiger partial charge in [-0.2, -0.15) is 0 Å². The Kier molecular flexibility index (Phi) is 3.35. The van der Waals surface area contributed by atoms with Crippen molar-refractivity contribution in [2.75, 3.05) is 25.2 Å². The van der Waals surface area contributed by atoms with E-state index in [0.717, 1.165) is 31.0 Å². The monoisotopic (exact) mass is 162 g/mol. The Morgan fingerprint density at radius 3 is 3.00 bits per heavy atom. The average Bonchev–Trinajstić information content (AvgIpc) is 2.31. The molecule has 1 rings (SSSR count). The molecule has 2 unspecified atom stereocenters. The Balaban J connectivity index is 2.12. The van der Waals surface area contributed by atoms with E-state index >= 15 is 0 Å². The van der Waals surface area contributed by atoms with E-state index in [9.17, 15) is 4.21 Å². The third-order valence-corrected chi connectivity index (χ3v) is 3.44. The van der Waals surface area contributed by atoms with E-state index < -0.39 is 10.8 Å². The van der Waals surface area contributed by atoms with Crippen molar-refractivity contribution in [2.24, 2.45) is 5.92 Å². The fourth-order valence-electron chi connectivity index (χ4n) is 1.24. The molecule has 0 amide bonds. The molecular weight excluding hydrogens is 148 g/mol. The first-order chi connectivity index (χ1) is 4.83. The van der Waals surface area contributed by atoms with Crippen LogP contribution in [0.4, 0.5) is 0 Å². The summed E-state index contributed by atoms with van der Waals surface area (Å²) in [6.45, 7) is 0.821. The van der Waals surface area contributed by atoms with E-state index in [2.05, 4.69) is 0 Å². The maximum atomic E-state index is 10.9. The van der Waals surface area contributed by atoms with Gasteiger partial charge in [0.05, 0.1) is 0 Å². The second-order valence-corrected chi connectivity index (χ2v) is 4.37. The third kappa shape index (κ3) is 2.39. The van der Waals surface area contributed by atoms with Crippen LogP contribution in [0.25, 0.3) is 0 Å². The quantitative estimate of drug-likeness (QED) is 0.613. The second kappa shape index (κ2) is 4.09. The number of methoxy groups -OCH3 is 1. The molecule has 0 aromatic rings. The predicted octanol–water partition coefficient (Wildman–Crippen LogP) is 0.792. The molecule has 3 heteroatoms. The molecular formula is C7H14O2S. The number of ether oxygens (including phenoxy) is 1. The van der Waals surface area contributed by atoms with Crippen LogP contribution in [-0.2, 0) is 15.5 Å². The molecule has 2 nitrogen and oxygen atoms in total. The molecule has 0 aromatic heterocycles. The predicted molar refractivity (Wildman–Crippen MR) is 42.5 cm³/mol. The molecule has 1 fully saturated rings. The van der Waals surface area contributed by atoms with E-state index in [1.54, 1.807) is 7.11 Å². The van der Waals surface area contributed by atoms with Gasteiger partial charge in [-0.25, -0.2) is 0 Å². The van der Waals surface area contributed by atoms with Crippen molar-refractivity contribution in [3.05, 3.63) is 0 Å². The lowest BCUT2D eigenvalue weighted by Crippen LogP contribution is -2.03. The molecule has 1 aliphatic rings. The van der Waals surface area contributed by atoms with Crippen LogP contribution < -0.4 is 0 Å². The summed E-state index contributed by atoms with van der Waals surface area (Å²) >= 11 is 0. The average molecular weight is 162 g/mol. The van der Waals surface area contributed by atoms with Crippen LogP contribution in [0.5, 0.6) is 0 Å². The highest BCUT2D eigenvalue weighted by molar-refractivity contribution is 7.85. The van der Waals surface area contributed by atoms with Gasteiger partial charge in [-0.15, -0.1) is 0 Å². The van der Waals surface area contributed by atoms with E-state index in [0.29, 0.717) is 5.92 Å². The Hall–Kier alpha value is 0.110. The van der Waals surface area contributed by atoms with Gasteiger partial charge >= 0.3 is 0 Å². The maximum Gasteiger partial charge on any atom is 0.0465 e. The van der Waals surface area contributed by atoms with Crippen LogP contribution in [0, 0.1) is 5.92 Å². The summed E-state index contributed by atoms with van der Waals surface area (Å²) in [7, 11) is 1.20. The van der Waals surface area contributed by atoms with Crippen molar-refractivity contribution >= 4 is 10.8 Å². The zero-order valence-electron chi connectivity index (χ0n) is 6.34. The molecule has 0 aliphatic carbocycles. The molecule has 0 saturated carbocycles. The first kappa shape index (κ1) is 8.21. The van der Waals surface area contributed by atoms with E-state index in [-0.39, 0.29) is 0 Å². The molecule has 0 aromatic carbocycles. The van der Waals surface area contributed by atoms with Crippen LogP contribution in [0.3, 0.4) is 0 Å². The smallest absolute Gasteiger partial charge is 0.0465 e.